The van der Waals surface area contributed by atoms with E-state index in [0.717, 1.165) is 17.2 Å². The van der Waals surface area contributed by atoms with Gasteiger partial charge >= 0.3 is 0 Å². The van der Waals surface area contributed by atoms with E-state index in [9.17, 15) is 0 Å². The topological polar surface area (TPSA) is 106 Å². The average Bonchev–Trinajstić information content (AvgIpc) is 2.87. The third-order valence-corrected chi connectivity index (χ3v) is 4.85. The monoisotopic (exact) mass is 477 g/mol. The van der Waals surface area contributed by atoms with Gasteiger partial charge in [-0.15, -0.1) is 0 Å². The predicted molar refractivity (Wildman–Crippen MR) is 146 cm³/mol. The molecule has 0 aliphatic heterocycles. The van der Waals surface area contributed by atoms with Gasteiger partial charge in [0.05, 0.1) is 0 Å². The minimum atomic E-state index is 0.657. The fourth-order valence-electron chi connectivity index (χ4n) is 3.19. The van der Waals surface area contributed by atoms with Crippen molar-refractivity contribution < 1.29 is 14.2 Å². The van der Waals surface area contributed by atoms with Gasteiger partial charge in [-0.25, -0.2) is 0 Å². The Bertz CT molecular complexity index is 1330. The number of ether oxygens (including phenoxy) is 3. The number of para-hydroxylation sites is 1. The van der Waals surface area contributed by atoms with E-state index in [4.69, 9.17) is 31.4 Å². The molecule has 36 heavy (non-hydrogen) atoms. The molecule has 5 aromatic rings. The van der Waals surface area contributed by atoms with Gasteiger partial charge in [0.25, 0.3) is 0 Å². The van der Waals surface area contributed by atoms with Gasteiger partial charge in [-0.1, -0.05) is 36.4 Å². The minimum absolute atomic E-state index is 0.657. The summed E-state index contributed by atoms with van der Waals surface area (Å²) >= 11 is 0. The highest BCUT2D eigenvalue weighted by molar-refractivity contribution is 5.48. The molecule has 0 atom stereocenters. The molecular formula is C30H27N3O3. The highest BCUT2D eigenvalue weighted by Gasteiger charge is 2.02. The first kappa shape index (κ1) is 24.0. The molecule has 0 fully saturated rings. The largest absolute Gasteiger partial charge is 0.457 e. The van der Waals surface area contributed by atoms with Gasteiger partial charge < -0.3 is 31.4 Å². The molecule has 5 aromatic carbocycles. The summed E-state index contributed by atoms with van der Waals surface area (Å²) in [6.45, 7) is 0. The van der Waals surface area contributed by atoms with Crippen LogP contribution in [0, 0.1) is 0 Å². The Morgan fingerprint density at radius 2 is 0.694 bits per heavy atom. The Balaban J connectivity index is 0.000000187. The van der Waals surface area contributed by atoms with E-state index in [2.05, 4.69) is 0 Å². The maximum Gasteiger partial charge on any atom is 0.131 e. The van der Waals surface area contributed by atoms with Gasteiger partial charge in [-0.2, -0.15) is 0 Å². The molecule has 0 saturated carbocycles. The summed E-state index contributed by atoms with van der Waals surface area (Å²) < 4.78 is 17.1. The minimum Gasteiger partial charge on any atom is -0.457 e. The normalized spacial score (nSPS) is 10.0. The molecule has 0 bridgehead atoms. The van der Waals surface area contributed by atoms with Crippen molar-refractivity contribution in [3.05, 3.63) is 127 Å². The smallest absolute Gasteiger partial charge is 0.131 e. The van der Waals surface area contributed by atoms with Crippen LogP contribution >= 0.6 is 0 Å². The van der Waals surface area contributed by atoms with E-state index in [1.165, 1.54) is 0 Å². The quantitative estimate of drug-likeness (QED) is 0.219. The summed E-state index contributed by atoms with van der Waals surface area (Å²) in [5.41, 5.74) is 19.1. The summed E-state index contributed by atoms with van der Waals surface area (Å²) in [4.78, 5) is 0. The van der Waals surface area contributed by atoms with Crippen LogP contribution in [0.25, 0.3) is 0 Å². The SMILES string of the molecule is Nc1ccc(Oc2ccccc2)cc1.Nc1cccc(Oc2cccc(Oc3cccc(N)c3)c2)c1. The van der Waals surface area contributed by atoms with Crippen molar-refractivity contribution >= 4 is 17.1 Å². The molecule has 0 aliphatic carbocycles. The van der Waals surface area contributed by atoms with Crippen LogP contribution in [0.5, 0.6) is 34.5 Å². The zero-order valence-electron chi connectivity index (χ0n) is 19.6. The average molecular weight is 478 g/mol. The molecular weight excluding hydrogens is 450 g/mol. The Labute approximate surface area is 210 Å². The van der Waals surface area contributed by atoms with Crippen LogP contribution in [0.2, 0.25) is 0 Å². The van der Waals surface area contributed by atoms with Gasteiger partial charge in [0.2, 0.25) is 0 Å². The van der Waals surface area contributed by atoms with E-state index in [1.54, 1.807) is 12.1 Å². The lowest BCUT2D eigenvalue weighted by Gasteiger charge is -2.09. The summed E-state index contributed by atoms with van der Waals surface area (Å²) in [6.07, 6.45) is 0. The van der Waals surface area contributed by atoms with Crippen molar-refractivity contribution in [3.63, 3.8) is 0 Å². The second-order valence-corrected chi connectivity index (χ2v) is 7.81. The standard InChI is InChI=1S/C18H16N2O2.C12H11NO/c19-13-4-1-6-15(10-13)21-17-8-3-9-18(12-17)22-16-7-2-5-14(20)11-16;13-10-6-8-12(9-7-10)14-11-4-2-1-3-5-11/h1-12H,19-20H2;1-9H,13H2. The predicted octanol–water partition coefficient (Wildman–Crippen LogP) is 7.50. The van der Waals surface area contributed by atoms with Crippen LogP contribution in [0.3, 0.4) is 0 Å². The number of nitrogen functional groups attached to an aromatic ring is 3. The van der Waals surface area contributed by atoms with Crippen LogP contribution in [-0.4, -0.2) is 0 Å². The number of benzene rings is 5. The summed E-state index contributed by atoms with van der Waals surface area (Å²) in [7, 11) is 0. The van der Waals surface area contributed by atoms with E-state index in [-0.39, 0.29) is 0 Å². The molecule has 6 heteroatoms. The highest BCUT2D eigenvalue weighted by atomic mass is 16.5. The molecule has 0 heterocycles. The van der Waals surface area contributed by atoms with Crippen LogP contribution in [-0.2, 0) is 0 Å². The highest BCUT2D eigenvalue weighted by Crippen LogP contribution is 2.29. The van der Waals surface area contributed by atoms with Crippen molar-refractivity contribution in [2.45, 2.75) is 0 Å². The fraction of sp³-hybridized carbons (Fsp3) is 0. The lowest BCUT2D eigenvalue weighted by molar-refractivity contribution is 0.460. The number of nitrogens with two attached hydrogens (primary N) is 3. The Hall–Kier alpha value is -5.10. The molecule has 0 aromatic heterocycles. The molecule has 0 amide bonds. The summed E-state index contributed by atoms with van der Waals surface area (Å²) in [6, 6.07) is 38.9. The fourth-order valence-corrected chi connectivity index (χ4v) is 3.19. The third-order valence-electron chi connectivity index (χ3n) is 4.85. The van der Waals surface area contributed by atoms with Crippen molar-refractivity contribution in [1.82, 2.24) is 0 Å². The number of hydrogen-bond acceptors (Lipinski definition) is 6. The maximum absolute atomic E-state index is 5.78. The van der Waals surface area contributed by atoms with Gasteiger partial charge in [0, 0.05) is 35.3 Å². The van der Waals surface area contributed by atoms with E-state index in [1.807, 2.05) is 115 Å². The zero-order chi connectivity index (χ0) is 25.2. The summed E-state index contributed by atoms with van der Waals surface area (Å²) in [5.74, 6) is 4.34. The summed E-state index contributed by atoms with van der Waals surface area (Å²) in [5, 5.41) is 0. The molecule has 0 spiro atoms. The van der Waals surface area contributed by atoms with E-state index < -0.39 is 0 Å². The lowest BCUT2D eigenvalue weighted by atomic mass is 10.3. The molecule has 5 rings (SSSR count). The van der Waals surface area contributed by atoms with Crippen LogP contribution in [0.1, 0.15) is 0 Å². The maximum atomic E-state index is 5.78. The molecule has 6 N–H and O–H groups in total. The van der Waals surface area contributed by atoms with Gasteiger partial charge in [0.15, 0.2) is 0 Å². The van der Waals surface area contributed by atoms with Crippen molar-refractivity contribution in [3.8, 4) is 34.5 Å². The second kappa shape index (κ2) is 11.9. The Morgan fingerprint density at radius 3 is 1.19 bits per heavy atom. The first-order valence-electron chi connectivity index (χ1n) is 11.3. The number of hydrogen-bond donors (Lipinski definition) is 3. The van der Waals surface area contributed by atoms with Crippen molar-refractivity contribution in [2.75, 3.05) is 17.2 Å². The van der Waals surface area contributed by atoms with Crippen molar-refractivity contribution in [1.29, 1.82) is 0 Å². The van der Waals surface area contributed by atoms with Crippen LogP contribution < -0.4 is 31.4 Å². The Kier molecular flexibility index (Phi) is 7.91. The molecule has 180 valence electrons. The molecule has 0 radical (unpaired) electrons. The lowest BCUT2D eigenvalue weighted by Crippen LogP contribution is -1.90. The first-order chi connectivity index (χ1) is 17.5. The molecule has 0 aliphatic rings. The number of anilines is 3. The molecule has 0 saturated heterocycles. The van der Waals surface area contributed by atoms with E-state index in [0.29, 0.717) is 34.4 Å². The second-order valence-electron chi connectivity index (χ2n) is 7.81. The molecule has 6 nitrogen and oxygen atoms in total. The van der Waals surface area contributed by atoms with Crippen LogP contribution in [0.4, 0.5) is 17.1 Å². The van der Waals surface area contributed by atoms with Gasteiger partial charge in [-0.05, 0) is 72.8 Å². The van der Waals surface area contributed by atoms with Crippen molar-refractivity contribution in [2.24, 2.45) is 0 Å². The van der Waals surface area contributed by atoms with Gasteiger partial charge in [0.1, 0.15) is 34.5 Å². The Morgan fingerprint density at radius 1 is 0.306 bits per heavy atom. The van der Waals surface area contributed by atoms with Crippen LogP contribution in [0.15, 0.2) is 127 Å². The molecule has 0 unspecified atom stereocenters. The van der Waals surface area contributed by atoms with Gasteiger partial charge in [-0.3, -0.25) is 0 Å². The first-order valence-corrected chi connectivity index (χ1v) is 11.3. The van der Waals surface area contributed by atoms with E-state index >= 15 is 0 Å². The number of rotatable bonds is 6. The third kappa shape index (κ3) is 7.46. The zero-order valence-corrected chi connectivity index (χ0v) is 19.6.